The third kappa shape index (κ3) is 2.93. The number of aryl methyl sites for hydroxylation is 2. The van der Waals surface area contributed by atoms with Gasteiger partial charge < -0.3 is 10.6 Å². The summed E-state index contributed by atoms with van der Waals surface area (Å²) in [5, 5.41) is 5.55. The highest BCUT2D eigenvalue weighted by Crippen LogP contribution is 2.49. The van der Waals surface area contributed by atoms with Gasteiger partial charge in [-0.1, -0.05) is 29.8 Å². The molecule has 1 saturated heterocycles. The second kappa shape index (κ2) is 6.51. The number of likely N-dealkylation sites (tertiary alicyclic amines) is 1. The predicted molar refractivity (Wildman–Crippen MR) is 102 cm³/mol. The van der Waals surface area contributed by atoms with Gasteiger partial charge in [0.2, 0.25) is 11.8 Å². The summed E-state index contributed by atoms with van der Waals surface area (Å²) >= 11 is 0. The lowest BCUT2D eigenvalue weighted by Gasteiger charge is -2.38. The van der Waals surface area contributed by atoms with Gasteiger partial charge in [0.15, 0.2) is 0 Å². The van der Waals surface area contributed by atoms with Gasteiger partial charge in [-0.2, -0.15) is 0 Å². The lowest BCUT2D eigenvalue weighted by Crippen LogP contribution is -2.50. The molecule has 2 bridgehead atoms. The maximum absolute atomic E-state index is 12.9. The van der Waals surface area contributed by atoms with E-state index in [1.165, 1.54) is 4.90 Å². The summed E-state index contributed by atoms with van der Waals surface area (Å²) in [7, 11) is 0. The van der Waals surface area contributed by atoms with Crippen LogP contribution in [-0.4, -0.2) is 28.9 Å². The maximum atomic E-state index is 12.9. The summed E-state index contributed by atoms with van der Waals surface area (Å²) in [4.78, 5) is 39.5. The molecule has 3 aliphatic carbocycles. The van der Waals surface area contributed by atoms with Gasteiger partial charge in [-0.3, -0.25) is 14.5 Å². The van der Waals surface area contributed by atoms with Gasteiger partial charge in [-0.05, 0) is 57.1 Å². The summed E-state index contributed by atoms with van der Waals surface area (Å²) in [5.41, 5.74) is 2.78. The topological polar surface area (TPSA) is 78.5 Å². The van der Waals surface area contributed by atoms with E-state index in [1.54, 1.807) is 6.92 Å². The first kappa shape index (κ1) is 17.8. The summed E-state index contributed by atoms with van der Waals surface area (Å²) in [6.45, 7) is 5.60. The van der Waals surface area contributed by atoms with E-state index in [0.29, 0.717) is 5.69 Å². The highest BCUT2D eigenvalue weighted by atomic mass is 16.2. The monoisotopic (exact) mass is 367 g/mol. The van der Waals surface area contributed by atoms with Crippen LogP contribution in [0.2, 0.25) is 0 Å². The van der Waals surface area contributed by atoms with E-state index >= 15 is 0 Å². The van der Waals surface area contributed by atoms with Gasteiger partial charge in [0.25, 0.3) is 0 Å². The number of carbonyl (C=O) groups is 3. The Bertz CT molecular complexity index is 815. The molecule has 0 unspecified atom stereocenters. The Labute approximate surface area is 159 Å². The Kier molecular flexibility index (Phi) is 4.29. The van der Waals surface area contributed by atoms with Crippen molar-refractivity contribution in [2.75, 3.05) is 5.32 Å². The van der Waals surface area contributed by atoms with Crippen LogP contribution < -0.4 is 10.6 Å². The van der Waals surface area contributed by atoms with Crippen molar-refractivity contribution in [3.05, 3.63) is 41.5 Å². The van der Waals surface area contributed by atoms with Crippen molar-refractivity contribution in [1.29, 1.82) is 0 Å². The van der Waals surface area contributed by atoms with E-state index in [1.807, 2.05) is 32.0 Å². The average Bonchev–Trinajstić information content (AvgIpc) is 2.91. The SMILES string of the molecule is Cc1ccc(NC(=O)N[C@H](C)N2C(=O)[C@@H]3[C@@H](C2=O)[C@H]2C=C[C@H]3CC2)c(C)c1. The lowest BCUT2D eigenvalue weighted by molar-refractivity contribution is -0.142. The molecular formula is C21H25N3O3. The number of carbonyl (C=O) groups excluding carboxylic acids is 3. The Morgan fingerprint density at radius 1 is 1.07 bits per heavy atom. The number of fused-ring (bicyclic) bond motifs is 1. The maximum Gasteiger partial charge on any atom is 0.320 e. The summed E-state index contributed by atoms with van der Waals surface area (Å²) in [6, 6.07) is 5.33. The van der Waals surface area contributed by atoms with Crippen LogP contribution in [0, 0.1) is 37.5 Å². The largest absolute Gasteiger partial charge is 0.320 e. The normalized spacial score (nSPS) is 29.7. The fourth-order valence-corrected chi connectivity index (χ4v) is 4.85. The van der Waals surface area contributed by atoms with Crippen LogP contribution in [0.4, 0.5) is 10.5 Å². The molecule has 6 heteroatoms. The number of nitrogens with zero attached hydrogens (tertiary/aromatic N) is 1. The van der Waals surface area contributed by atoms with Gasteiger partial charge in [0.1, 0.15) is 6.17 Å². The first-order valence-electron chi connectivity index (χ1n) is 9.57. The molecule has 142 valence electrons. The van der Waals surface area contributed by atoms with Crippen molar-refractivity contribution in [3.8, 4) is 0 Å². The molecule has 0 aromatic heterocycles. The van der Waals surface area contributed by atoms with E-state index in [0.717, 1.165) is 24.0 Å². The molecule has 2 fully saturated rings. The third-order valence-electron chi connectivity index (χ3n) is 6.15. The number of rotatable bonds is 3. The van der Waals surface area contributed by atoms with Crippen molar-refractivity contribution < 1.29 is 14.4 Å². The van der Waals surface area contributed by atoms with Crippen molar-refractivity contribution in [3.63, 3.8) is 0 Å². The van der Waals surface area contributed by atoms with E-state index < -0.39 is 12.2 Å². The molecule has 1 aromatic carbocycles. The van der Waals surface area contributed by atoms with E-state index in [-0.39, 0.29) is 35.5 Å². The standard InChI is InChI=1S/C21H25N3O3/c1-11-4-9-16(12(2)10-11)23-21(27)22-13(3)24-19(25)17-14-5-6-15(8-7-14)18(17)20(24)26/h4-6,9-10,13-15,17-18H,7-8H2,1-3H3,(H2,22,23,27)/t13-,14-,15-,17-,18-/m0/s1. The summed E-state index contributed by atoms with van der Waals surface area (Å²) < 4.78 is 0. The molecule has 1 aromatic rings. The van der Waals surface area contributed by atoms with Crippen LogP contribution in [0.1, 0.15) is 30.9 Å². The van der Waals surface area contributed by atoms with Gasteiger partial charge in [0.05, 0.1) is 11.8 Å². The number of nitrogens with one attached hydrogen (secondary N) is 2. The zero-order valence-electron chi connectivity index (χ0n) is 15.9. The number of imide groups is 1. The molecule has 1 heterocycles. The van der Waals surface area contributed by atoms with E-state index in [2.05, 4.69) is 22.8 Å². The Morgan fingerprint density at radius 2 is 1.67 bits per heavy atom. The average molecular weight is 367 g/mol. The molecule has 5 atom stereocenters. The van der Waals surface area contributed by atoms with Crippen LogP contribution in [-0.2, 0) is 9.59 Å². The lowest BCUT2D eigenvalue weighted by atomic mass is 9.63. The van der Waals surface area contributed by atoms with Crippen LogP contribution in [0.15, 0.2) is 30.4 Å². The smallest absolute Gasteiger partial charge is 0.317 e. The molecule has 1 saturated carbocycles. The first-order valence-corrected chi connectivity index (χ1v) is 9.57. The molecule has 4 aliphatic rings. The number of amides is 4. The van der Waals surface area contributed by atoms with Gasteiger partial charge >= 0.3 is 6.03 Å². The van der Waals surface area contributed by atoms with Crippen LogP contribution in [0.5, 0.6) is 0 Å². The highest BCUT2D eigenvalue weighted by molar-refractivity contribution is 6.06. The zero-order valence-corrected chi connectivity index (χ0v) is 15.9. The van der Waals surface area contributed by atoms with E-state index in [4.69, 9.17) is 0 Å². The number of anilines is 1. The van der Waals surface area contributed by atoms with Gasteiger partial charge in [0, 0.05) is 5.69 Å². The minimum atomic E-state index is -0.680. The number of allylic oxidation sites excluding steroid dienone is 2. The number of benzene rings is 1. The van der Waals surface area contributed by atoms with Crippen molar-refractivity contribution in [2.24, 2.45) is 23.7 Å². The molecule has 0 radical (unpaired) electrons. The van der Waals surface area contributed by atoms with Gasteiger partial charge in [-0.25, -0.2) is 4.79 Å². The van der Waals surface area contributed by atoms with Crippen LogP contribution in [0.3, 0.4) is 0 Å². The first-order chi connectivity index (χ1) is 12.9. The number of hydrogen-bond acceptors (Lipinski definition) is 3. The minimum absolute atomic E-state index is 0.150. The van der Waals surface area contributed by atoms with Crippen LogP contribution >= 0.6 is 0 Å². The molecule has 2 N–H and O–H groups in total. The molecule has 6 nitrogen and oxygen atoms in total. The predicted octanol–water partition coefficient (Wildman–Crippen LogP) is 2.97. The number of hydrogen-bond donors (Lipinski definition) is 2. The second-order valence-electron chi connectivity index (χ2n) is 7.98. The van der Waals surface area contributed by atoms with Crippen LogP contribution in [0.25, 0.3) is 0 Å². The Hall–Kier alpha value is -2.63. The quantitative estimate of drug-likeness (QED) is 0.637. The van der Waals surface area contributed by atoms with Crippen molar-refractivity contribution in [2.45, 2.75) is 39.8 Å². The third-order valence-corrected chi connectivity index (χ3v) is 6.15. The van der Waals surface area contributed by atoms with Crippen molar-refractivity contribution in [1.82, 2.24) is 10.2 Å². The zero-order chi connectivity index (χ0) is 19.3. The highest BCUT2D eigenvalue weighted by Gasteiger charge is 2.57. The van der Waals surface area contributed by atoms with E-state index in [9.17, 15) is 14.4 Å². The second-order valence-corrected chi connectivity index (χ2v) is 7.98. The fourth-order valence-electron chi connectivity index (χ4n) is 4.85. The molecule has 0 spiro atoms. The molecule has 5 rings (SSSR count). The summed E-state index contributed by atoms with van der Waals surface area (Å²) in [6.07, 6.45) is 5.43. The minimum Gasteiger partial charge on any atom is -0.317 e. The Morgan fingerprint density at radius 3 is 2.19 bits per heavy atom. The Balaban J connectivity index is 1.45. The molecule has 4 amide bonds. The number of urea groups is 1. The van der Waals surface area contributed by atoms with Crippen molar-refractivity contribution >= 4 is 23.5 Å². The molecular weight excluding hydrogens is 342 g/mol. The summed E-state index contributed by atoms with van der Waals surface area (Å²) in [5.74, 6) is -0.511. The molecule has 27 heavy (non-hydrogen) atoms. The fraction of sp³-hybridized carbons (Fsp3) is 0.476. The molecule has 1 aliphatic heterocycles. The van der Waals surface area contributed by atoms with Gasteiger partial charge in [-0.15, -0.1) is 0 Å².